The van der Waals surface area contributed by atoms with E-state index in [0.29, 0.717) is 17.9 Å². The Morgan fingerprint density at radius 2 is 1.88 bits per heavy atom. The molecule has 1 atom stereocenters. The van der Waals surface area contributed by atoms with E-state index in [2.05, 4.69) is 37.4 Å². The molecule has 0 aliphatic heterocycles. The number of ether oxygens (including phenoxy) is 1. The van der Waals surface area contributed by atoms with Crippen molar-refractivity contribution in [1.82, 2.24) is 0 Å². The van der Waals surface area contributed by atoms with Crippen LogP contribution in [0, 0.1) is 13.8 Å². The number of aryl methyl sites for hydroxylation is 2. The van der Waals surface area contributed by atoms with Gasteiger partial charge in [-0.25, -0.2) is 0 Å². The molecular weight excluding hydrogens is 346 g/mol. The van der Waals surface area contributed by atoms with Gasteiger partial charge in [0.15, 0.2) is 0 Å². The van der Waals surface area contributed by atoms with Crippen molar-refractivity contribution in [1.29, 1.82) is 0 Å². The van der Waals surface area contributed by atoms with Crippen molar-refractivity contribution in [3.63, 3.8) is 0 Å². The van der Waals surface area contributed by atoms with Crippen LogP contribution in [0.25, 0.3) is 0 Å². The van der Waals surface area contributed by atoms with Crippen molar-refractivity contribution in [2.75, 3.05) is 11.1 Å². The zero-order chi connectivity index (χ0) is 19.1. The number of hydrogen-bond acceptors (Lipinski definition) is 4. The van der Waals surface area contributed by atoms with Gasteiger partial charge in [-0.1, -0.05) is 18.2 Å². The summed E-state index contributed by atoms with van der Waals surface area (Å²) < 4.78 is 5.51. The number of esters is 1. The van der Waals surface area contributed by atoms with Crippen molar-refractivity contribution in [2.24, 2.45) is 0 Å². The maximum absolute atomic E-state index is 12.1. The number of carbonyl (C=O) groups excluding carboxylic acids is 2. The number of carbonyl (C=O) groups is 2. The molecule has 1 unspecified atom stereocenters. The Bertz CT molecular complexity index is 789. The summed E-state index contributed by atoms with van der Waals surface area (Å²) in [6.07, 6.45) is -0.00401. The summed E-state index contributed by atoms with van der Waals surface area (Å²) in [5.41, 5.74) is 4.07. The topological polar surface area (TPSA) is 55.4 Å². The van der Waals surface area contributed by atoms with E-state index in [4.69, 9.17) is 4.74 Å². The summed E-state index contributed by atoms with van der Waals surface area (Å²) in [7, 11) is 0. The van der Waals surface area contributed by atoms with Crippen LogP contribution in [0.15, 0.2) is 47.4 Å². The van der Waals surface area contributed by atoms with Gasteiger partial charge in [0.1, 0.15) is 6.10 Å². The number of rotatable bonds is 7. The van der Waals surface area contributed by atoms with Crippen LogP contribution in [-0.4, -0.2) is 17.6 Å². The van der Waals surface area contributed by atoms with E-state index in [1.807, 2.05) is 25.1 Å². The molecule has 5 heteroatoms. The molecular formula is C21H25NO3S. The highest BCUT2D eigenvalue weighted by molar-refractivity contribution is 7.99. The van der Waals surface area contributed by atoms with Crippen molar-refractivity contribution in [2.45, 2.75) is 45.1 Å². The van der Waals surface area contributed by atoms with Gasteiger partial charge in [-0.3, -0.25) is 9.59 Å². The third kappa shape index (κ3) is 6.23. The van der Waals surface area contributed by atoms with Crippen LogP contribution in [0.5, 0.6) is 0 Å². The minimum absolute atomic E-state index is 0.129. The average molecular weight is 372 g/mol. The largest absolute Gasteiger partial charge is 0.458 e. The summed E-state index contributed by atoms with van der Waals surface area (Å²) in [6.45, 7) is 7.47. The van der Waals surface area contributed by atoms with Gasteiger partial charge in [0.25, 0.3) is 0 Å². The van der Waals surface area contributed by atoms with Gasteiger partial charge < -0.3 is 10.1 Å². The van der Waals surface area contributed by atoms with Gasteiger partial charge in [0.05, 0.1) is 6.42 Å². The van der Waals surface area contributed by atoms with Crippen LogP contribution >= 0.6 is 11.8 Å². The molecule has 1 amide bonds. The first-order valence-electron chi connectivity index (χ1n) is 8.62. The molecule has 0 saturated heterocycles. The quantitative estimate of drug-likeness (QED) is 0.547. The Morgan fingerprint density at radius 1 is 1.12 bits per heavy atom. The first-order valence-corrected chi connectivity index (χ1v) is 9.61. The zero-order valence-corrected chi connectivity index (χ0v) is 16.5. The van der Waals surface area contributed by atoms with Crippen molar-refractivity contribution >= 4 is 29.3 Å². The number of amides is 1. The first-order chi connectivity index (χ1) is 12.3. The highest BCUT2D eigenvalue weighted by atomic mass is 32.2. The van der Waals surface area contributed by atoms with E-state index in [1.165, 1.54) is 18.1 Å². The number of hydrogen-bond donors (Lipinski definition) is 1. The summed E-state index contributed by atoms with van der Waals surface area (Å²) in [5.74, 6) is 0.328. The molecule has 138 valence electrons. The van der Waals surface area contributed by atoms with Crippen LogP contribution in [0.3, 0.4) is 0 Å². The van der Waals surface area contributed by atoms with Gasteiger partial charge >= 0.3 is 5.97 Å². The van der Waals surface area contributed by atoms with Gasteiger partial charge in [0, 0.05) is 23.3 Å². The fraction of sp³-hybridized carbons (Fsp3) is 0.333. The molecule has 0 aromatic heterocycles. The standard InChI is InChI=1S/C21H25NO3S/c1-14-8-9-20(12-15(14)2)26-11-10-21(24)25-16(3)18-6-5-7-19(13-18)22-17(4)23/h5-9,12-13,16H,10-11H2,1-4H3,(H,22,23). The Labute approximate surface area is 159 Å². The van der Waals surface area contributed by atoms with E-state index >= 15 is 0 Å². The molecule has 0 fully saturated rings. The number of thioether (sulfide) groups is 1. The van der Waals surface area contributed by atoms with Crippen molar-refractivity contribution in [3.8, 4) is 0 Å². The summed E-state index contributed by atoms with van der Waals surface area (Å²) >= 11 is 1.66. The third-order valence-electron chi connectivity index (χ3n) is 4.04. The highest BCUT2D eigenvalue weighted by Gasteiger charge is 2.12. The monoisotopic (exact) mass is 371 g/mol. The van der Waals surface area contributed by atoms with Crippen LogP contribution in [-0.2, 0) is 14.3 Å². The number of benzene rings is 2. The molecule has 0 bridgehead atoms. The molecule has 0 aliphatic rings. The van der Waals surface area contributed by atoms with Crippen LogP contribution in [0.1, 0.15) is 43.1 Å². The summed E-state index contributed by atoms with van der Waals surface area (Å²) in [4.78, 5) is 24.4. The van der Waals surface area contributed by atoms with E-state index in [9.17, 15) is 9.59 Å². The van der Waals surface area contributed by atoms with E-state index in [1.54, 1.807) is 17.8 Å². The lowest BCUT2D eigenvalue weighted by Gasteiger charge is -2.15. The molecule has 1 N–H and O–H groups in total. The SMILES string of the molecule is CC(=O)Nc1cccc(C(C)OC(=O)CCSc2ccc(C)c(C)c2)c1. The third-order valence-corrected chi connectivity index (χ3v) is 5.03. The first kappa shape index (κ1) is 20.0. The normalized spacial score (nSPS) is 11.7. The molecule has 26 heavy (non-hydrogen) atoms. The minimum Gasteiger partial charge on any atom is -0.458 e. The lowest BCUT2D eigenvalue weighted by molar-refractivity contribution is -0.148. The van der Waals surface area contributed by atoms with Crippen molar-refractivity contribution in [3.05, 3.63) is 59.2 Å². The van der Waals surface area contributed by atoms with E-state index in [0.717, 1.165) is 10.5 Å². The number of nitrogens with one attached hydrogen (secondary N) is 1. The molecule has 4 nitrogen and oxygen atoms in total. The summed E-state index contributed by atoms with van der Waals surface area (Å²) in [5, 5.41) is 2.73. The van der Waals surface area contributed by atoms with E-state index in [-0.39, 0.29) is 18.0 Å². The molecule has 0 radical (unpaired) electrons. The molecule has 2 rings (SSSR count). The van der Waals surface area contributed by atoms with Gasteiger partial charge in [-0.05, 0) is 61.7 Å². The maximum Gasteiger partial charge on any atom is 0.307 e. The Hall–Kier alpha value is -2.27. The molecule has 2 aromatic carbocycles. The van der Waals surface area contributed by atoms with Gasteiger partial charge in [-0.2, -0.15) is 0 Å². The predicted molar refractivity (Wildman–Crippen MR) is 107 cm³/mol. The molecule has 0 aliphatic carbocycles. The van der Waals surface area contributed by atoms with Crippen LogP contribution < -0.4 is 5.32 Å². The minimum atomic E-state index is -0.358. The molecule has 0 spiro atoms. The second kappa shape index (κ2) is 9.43. The average Bonchev–Trinajstić information content (AvgIpc) is 2.57. The Morgan fingerprint density at radius 3 is 2.58 bits per heavy atom. The zero-order valence-electron chi connectivity index (χ0n) is 15.7. The highest BCUT2D eigenvalue weighted by Crippen LogP contribution is 2.24. The van der Waals surface area contributed by atoms with Crippen LogP contribution in [0.2, 0.25) is 0 Å². The molecule has 0 saturated carbocycles. The molecule has 0 heterocycles. The fourth-order valence-corrected chi connectivity index (χ4v) is 3.38. The fourth-order valence-electron chi connectivity index (χ4n) is 2.45. The molecule has 2 aromatic rings. The second-order valence-electron chi connectivity index (χ2n) is 6.28. The lowest BCUT2D eigenvalue weighted by Crippen LogP contribution is -2.10. The van der Waals surface area contributed by atoms with Crippen molar-refractivity contribution < 1.29 is 14.3 Å². The lowest BCUT2D eigenvalue weighted by atomic mass is 10.1. The summed E-state index contributed by atoms with van der Waals surface area (Å²) in [6, 6.07) is 13.7. The van der Waals surface area contributed by atoms with Crippen LogP contribution in [0.4, 0.5) is 5.69 Å². The predicted octanol–water partition coefficient (Wildman–Crippen LogP) is 5.05. The second-order valence-corrected chi connectivity index (χ2v) is 7.45. The van der Waals surface area contributed by atoms with Gasteiger partial charge in [-0.15, -0.1) is 11.8 Å². The smallest absolute Gasteiger partial charge is 0.307 e. The van der Waals surface area contributed by atoms with E-state index < -0.39 is 0 Å². The Balaban J connectivity index is 1.83. The Kier molecular flexibility index (Phi) is 7.27. The van der Waals surface area contributed by atoms with Gasteiger partial charge in [0.2, 0.25) is 5.91 Å². The number of anilines is 1. The maximum atomic E-state index is 12.1.